The minimum absolute atomic E-state index is 0.814. The van der Waals surface area contributed by atoms with Gasteiger partial charge in [0, 0.05) is 24.7 Å². The number of hydrogen-bond acceptors (Lipinski definition) is 2. The highest BCUT2D eigenvalue weighted by atomic mass is 15.2. The van der Waals surface area contributed by atoms with Crippen LogP contribution in [0, 0.1) is 5.92 Å². The van der Waals surface area contributed by atoms with Crippen LogP contribution in [0.5, 0.6) is 0 Å². The van der Waals surface area contributed by atoms with E-state index in [2.05, 4.69) is 17.1 Å². The van der Waals surface area contributed by atoms with Crippen molar-refractivity contribution < 1.29 is 0 Å². The molecule has 3 aliphatic rings. The van der Waals surface area contributed by atoms with Gasteiger partial charge in [-0.15, -0.1) is 0 Å². The van der Waals surface area contributed by atoms with Gasteiger partial charge in [-0.2, -0.15) is 0 Å². The summed E-state index contributed by atoms with van der Waals surface area (Å²) >= 11 is 0. The van der Waals surface area contributed by atoms with Gasteiger partial charge in [-0.3, -0.25) is 4.90 Å². The predicted molar refractivity (Wildman–Crippen MR) is 90.6 cm³/mol. The summed E-state index contributed by atoms with van der Waals surface area (Å²) in [5, 5.41) is 3.74. The van der Waals surface area contributed by atoms with Gasteiger partial charge in [0.15, 0.2) is 0 Å². The molecule has 0 radical (unpaired) electrons. The summed E-state index contributed by atoms with van der Waals surface area (Å²) in [5.74, 6) is 0.814. The Morgan fingerprint density at radius 3 is 1.81 bits per heavy atom. The van der Waals surface area contributed by atoms with Crippen LogP contribution in [0.1, 0.15) is 84.0 Å². The summed E-state index contributed by atoms with van der Waals surface area (Å²) in [5.41, 5.74) is 0. The predicted octanol–water partition coefficient (Wildman–Crippen LogP) is 4.34. The molecule has 1 atom stereocenters. The molecule has 2 nitrogen and oxygen atoms in total. The van der Waals surface area contributed by atoms with Gasteiger partial charge in [-0.1, -0.05) is 45.4 Å². The van der Waals surface area contributed by atoms with Gasteiger partial charge >= 0.3 is 0 Å². The van der Waals surface area contributed by atoms with Crippen molar-refractivity contribution >= 4 is 0 Å². The van der Waals surface area contributed by atoms with Crippen LogP contribution in [0.4, 0.5) is 0 Å². The van der Waals surface area contributed by atoms with Gasteiger partial charge in [-0.25, -0.2) is 0 Å². The van der Waals surface area contributed by atoms with Crippen LogP contribution in [0.15, 0.2) is 0 Å². The van der Waals surface area contributed by atoms with Gasteiger partial charge in [-0.05, 0) is 51.0 Å². The summed E-state index contributed by atoms with van der Waals surface area (Å²) in [6.45, 7) is 5.05. The van der Waals surface area contributed by atoms with Gasteiger partial charge < -0.3 is 5.32 Å². The number of rotatable bonds is 7. The minimum Gasteiger partial charge on any atom is -0.314 e. The maximum Gasteiger partial charge on any atom is 0.00983 e. The quantitative estimate of drug-likeness (QED) is 0.751. The molecule has 3 rings (SSSR count). The molecular weight excluding hydrogens is 256 g/mol. The second-order valence-corrected chi connectivity index (χ2v) is 8.07. The minimum atomic E-state index is 0.814. The van der Waals surface area contributed by atoms with Crippen molar-refractivity contribution in [3.8, 4) is 0 Å². The van der Waals surface area contributed by atoms with E-state index in [-0.39, 0.29) is 0 Å². The van der Waals surface area contributed by atoms with E-state index < -0.39 is 0 Å². The maximum absolute atomic E-state index is 3.74. The third kappa shape index (κ3) is 4.96. The fraction of sp³-hybridized carbons (Fsp3) is 1.00. The first-order valence-corrected chi connectivity index (χ1v) is 9.82. The molecular formula is C19H36N2. The van der Waals surface area contributed by atoms with E-state index in [0.29, 0.717) is 0 Å². The molecule has 3 saturated carbocycles. The fourth-order valence-corrected chi connectivity index (χ4v) is 4.50. The van der Waals surface area contributed by atoms with E-state index in [1.54, 1.807) is 0 Å². The Hall–Kier alpha value is -0.0800. The van der Waals surface area contributed by atoms with Crippen molar-refractivity contribution in [3.05, 3.63) is 0 Å². The lowest BCUT2D eigenvalue weighted by Gasteiger charge is -2.43. The van der Waals surface area contributed by atoms with Crippen LogP contribution in [0.3, 0.4) is 0 Å². The molecule has 1 N–H and O–H groups in total. The monoisotopic (exact) mass is 292 g/mol. The molecule has 3 aliphatic carbocycles. The summed E-state index contributed by atoms with van der Waals surface area (Å²) in [4.78, 5) is 2.97. The molecule has 2 heteroatoms. The molecule has 122 valence electrons. The highest BCUT2D eigenvalue weighted by Crippen LogP contribution is 2.30. The lowest BCUT2D eigenvalue weighted by atomic mass is 9.88. The summed E-state index contributed by atoms with van der Waals surface area (Å²) < 4.78 is 0. The average molecular weight is 293 g/mol. The van der Waals surface area contributed by atoms with Gasteiger partial charge in [0.05, 0.1) is 0 Å². The van der Waals surface area contributed by atoms with Crippen LogP contribution in [-0.4, -0.2) is 36.1 Å². The van der Waals surface area contributed by atoms with E-state index in [1.165, 1.54) is 90.1 Å². The molecule has 0 amide bonds. The van der Waals surface area contributed by atoms with Crippen LogP contribution in [-0.2, 0) is 0 Å². The first-order valence-electron chi connectivity index (χ1n) is 9.82. The van der Waals surface area contributed by atoms with E-state index >= 15 is 0 Å². The number of hydrogen-bond donors (Lipinski definition) is 1. The Labute approximate surface area is 132 Å². The molecule has 0 bridgehead atoms. The van der Waals surface area contributed by atoms with Gasteiger partial charge in [0.2, 0.25) is 0 Å². The normalized spacial score (nSPS) is 27.1. The van der Waals surface area contributed by atoms with Gasteiger partial charge in [0.1, 0.15) is 0 Å². The Morgan fingerprint density at radius 1 is 0.810 bits per heavy atom. The van der Waals surface area contributed by atoms with Crippen molar-refractivity contribution in [1.82, 2.24) is 10.2 Å². The van der Waals surface area contributed by atoms with Crippen LogP contribution < -0.4 is 5.32 Å². The topological polar surface area (TPSA) is 15.3 Å². The zero-order chi connectivity index (χ0) is 14.5. The molecule has 0 aliphatic heterocycles. The summed E-state index contributed by atoms with van der Waals surface area (Å²) in [7, 11) is 0. The zero-order valence-corrected chi connectivity index (χ0v) is 14.2. The Morgan fingerprint density at radius 2 is 1.33 bits per heavy atom. The third-order valence-electron chi connectivity index (χ3n) is 5.94. The Bertz CT molecular complexity index is 270. The average Bonchev–Trinajstić information content (AvgIpc) is 3.37. The number of nitrogens with zero attached hydrogens (tertiary/aromatic N) is 1. The van der Waals surface area contributed by atoms with E-state index in [0.717, 1.165) is 24.0 Å². The zero-order valence-electron chi connectivity index (χ0n) is 14.2. The second kappa shape index (κ2) is 7.97. The van der Waals surface area contributed by atoms with Crippen molar-refractivity contribution in [1.29, 1.82) is 0 Å². The first kappa shape index (κ1) is 15.8. The fourth-order valence-electron chi connectivity index (χ4n) is 4.50. The third-order valence-corrected chi connectivity index (χ3v) is 5.94. The lowest BCUT2D eigenvalue weighted by molar-refractivity contribution is 0.0664. The molecule has 0 aromatic carbocycles. The molecule has 21 heavy (non-hydrogen) atoms. The molecule has 0 saturated heterocycles. The standard InChI is InChI=1S/C19H36N2/c1-16(14-20-17-12-13-17)15-21(18-8-4-2-5-9-18)19-10-6-3-7-11-19/h16-20H,2-15H2,1H3. The largest absolute Gasteiger partial charge is 0.314 e. The van der Waals surface area contributed by atoms with Crippen molar-refractivity contribution in [2.45, 2.75) is 102 Å². The highest BCUT2D eigenvalue weighted by Gasteiger charge is 2.30. The summed E-state index contributed by atoms with van der Waals surface area (Å²) in [6.07, 6.45) is 17.6. The molecule has 0 heterocycles. The Balaban J connectivity index is 1.53. The SMILES string of the molecule is CC(CNC1CC1)CN(C1CCCCC1)C1CCCCC1. The van der Waals surface area contributed by atoms with Crippen molar-refractivity contribution in [3.63, 3.8) is 0 Å². The second-order valence-electron chi connectivity index (χ2n) is 8.07. The van der Waals surface area contributed by atoms with Crippen LogP contribution >= 0.6 is 0 Å². The molecule has 0 aromatic rings. The van der Waals surface area contributed by atoms with Crippen molar-refractivity contribution in [2.24, 2.45) is 5.92 Å². The number of nitrogens with one attached hydrogen (secondary N) is 1. The summed E-state index contributed by atoms with van der Waals surface area (Å²) in [6, 6.07) is 2.68. The molecule has 1 unspecified atom stereocenters. The first-order chi connectivity index (χ1) is 10.3. The molecule has 0 spiro atoms. The van der Waals surface area contributed by atoms with E-state index in [9.17, 15) is 0 Å². The highest BCUT2D eigenvalue weighted by molar-refractivity contribution is 4.86. The maximum atomic E-state index is 3.74. The van der Waals surface area contributed by atoms with Crippen LogP contribution in [0.25, 0.3) is 0 Å². The molecule has 3 fully saturated rings. The van der Waals surface area contributed by atoms with E-state index in [1.807, 2.05) is 0 Å². The van der Waals surface area contributed by atoms with Gasteiger partial charge in [0.25, 0.3) is 0 Å². The smallest absolute Gasteiger partial charge is 0.00983 e. The lowest BCUT2D eigenvalue weighted by Crippen LogP contribution is -2.48. The van der Waals surface area contributed by atoms with Crippen molar-refractivity contribution in [2.75, 3.05) is 13.1 Å². The van der Waals surface area contributed by atoms with E-state index in [4.69, 9.17) is 0 Å². The molecule has 0 aromatic heterocycles. The van der Waals surface area contributed by atoms with Crippen LogP contribution in [0.2, 0.25) is 0 Å². The Kier molecular flexibility index (Phi) is 5.99.